The summed E-state index contributed by atoms with van der Waals surface area (Å²) in [5.74, 6) is 0. The Labute approximate surface area is 152 Å². The molecule has 4 heteroatoms. The number of para-hydroxylation sites is 1. The molecule has 4 rings (SSSR count). The van der Waals surface area contributed by atoms with E-state index in [-0.39, 0.29) is 0 Å². The normalized spacial score (nSPS) is 10.7. The van der Waals surface area contributed by atoms with Gasteiger partial charge in [0.2, 0.25) is 11.2 Å². The highest BCUT2D eigenvalue weighted by Gasteiger charge is 2.22. The van der Waals surface area contributed by atoms with Crippen LogP contribution in [0.2, 0.25) is 0 Å². The largest absolute Gasteiger partial charge is 0.245 e. The molecule has 0 radical (unpaired) electrons. The number of benzene rings is 2. The smallest absolute Gasteiger partial charge is 0.218 e. The lowest BCUT2D eigenvalue weighted by Crippen LogP contribution is -2.36. The van der Waals surface area contributed by atoms with E-state index in [1.807, 2.05) is 30.3 Å². The molecule has 0 saturated carbocycles. The van der Waals surface area contributed by atoms with Gasteiger partial charge in [-0.3, -0.25) is 0 Å². The molecule has 124 valence electrons. The number of aromatic nitrogens is 3. The number of fused-ring (bicyclic) bond motifs is 1. The second kappa shape index (κ2) is 6.38. The summed E-state index contributed by atoms with van der Waals surface area (Å²) in [6.45, 7) is 4.15. The molecule has 0 bridgehead atoms. The van der Waals surface area contributed by atoms with E-state index < -0.39 is 0 Å². The van der Waals surface area contributed by atoms with Gasteiger partial charge in [-0.1, -0.05) is 12.1 Å². The first kappa shape index (κ1) is 15.9. The van der Waals surface area contributed by atoms with Crippen LogP contribution < -0.4 is 4.57 Å². The number of pyridine rings is 1. The maximum Gasteiger partial charge on any atom is 0.218 e. The summed E-state index contributed by atoms with van der Waals surface area (Å²) in [6, 6.07) is 20.5. The molecule has 2 aromatic carbocycles. The molecule has 0 aliphatic carbocycles. The van der Waals surface area contributed by atoms with Crippen LogP contribution in [0.4, 0.5) is 0 Å². The molecule has 2 heterocycles. The molecule has 4 aromatic rings. The predicted octanol–water partition coefficient (Wildman–Crippen LogP) is 4.06. The van der Waals surface area contributed by atoms with Gasteiger partial charge in [0.15, 0.2) is 5.69 Å². The maximum atomic E-state index is 9.56. The van der Waals surface area contributed by atoms with Crippen molar-refractivity contribution in [2.45, 2.75) is 13.8 Å². The Hall–Kier alpha value is -3.58. The second-order valence-corrected chi connectivity index (χ2v) is 6.24. The SMILES string of the molecule is Cc1c(-c2ccncn2)cc(C#N)cc1-[n+]1c(C)ccc2ccccc21. The Kier molecular flexibility index (Phi) is 3.91. The molecule has 0 aliphatic heterocycles. The first-order valence-corrected chi connectivity index (χ1v) is 8.41. The van der Waals surface area contributed by atoms with Crippen LogP contribution in [0.25, 0.3) is 27.8 Å². The highest BCUT2D eigenvalue weighted by Crippen LogP contribution is 2.27. The van der Waals surface area contributed by atoms with Crippen LogP contribution in [0.1, 0.15) is 16.8 Å². The van der Waals surface area contributed by atoms with Crippen molar-refractivity contribution < 1.29 is 4.57 Å². The van der Waals surface area contributed by atoms with Gasteiger partial charge in [-0.05, 0) is 31.2 Å². The summed E-state index contributed by atoms with van der Waals surface area (Å²) in [6.07, 6.45) is 3.25. The van der Waals surface area contributed by atoms with Gasteiger partial charge in [0, 0.05) is 47.8 Å². The van der Waals surface area contributed by atoms with E-state index in [0.29, 0.717) is 5.56 Å². The van der Waals surface area contributed by atoms with Gasteiger partial charge in [-0.2, -0.15) is 9.83 Å². The first-order valence-electron chi connectivity index (χ1n) is 8.41. The van der Waals surface area contributed by atoms with Crippen LogP contribution in [0.3, 0.4) is 0 Å². The zero-order valence-corrected chi connectivity index (χ0v) is 14.6. The highest BCUT2D eigenvalue weighted by molar-refractivity contribution is 5.77. The average molecular weight is 337 g/mol. The van der Waals surface area contributed by atoms with E-state index in [2.05, 4.69) is 58.7 Å². The van der Waals surface area contributed by atoms with Crippen LogP contribution in [0, 0.1) is 25.2 Å². The second-order valence-electron chi connectivity index (χ2n) is 6.24. The molecule has 0 unspecified atom stereocenters. The lowest BCUT2D eigenvalue weighted by atomic mass is 9.99. The minimum absolute atomic E-state index is 0.610. The van der Waals surface area contributed by atoms with Crippen LogP contribution in [0.5, 0.6) is 0 Å². The summed E-state index contributed by atoms with van der Waals surface area (Å²) in [4.78, 5) is 8.37. The molecule has 0 saturated heterocycles. The molecule has 0 fully saturated rings. The summed E-state index contributed by atoms with van der Waals surface area (Å²) in [5, 5.41) is 10.7. The van der Waals surface area contributed by atoms with Gasteiger partial charge < -0.3 is 0 Å². The van der Waals surface area contributed by atoms with E-state index >= 15 is 0 Å². The fourth-order valence-corrected chi connectivity index (χ4v) is 3.34. The fraction of sp³-hybridized carbons (Fsp3) is 0.0909. The van der Waals surface area contributed by atoms with E-state index in [9.17, 15) is 5.26 Å². The molecule has 0 aliphatic rings. The van der Waals surface area contributed by atoms with Crippen LogP contribution in [-0.4, -0.2) is 9.97 Å². The van der Waals surface area contributed by atoms with Gasteiger partial charge in [0.05, 0.1) is 17.3 Å². The van der Waals surface area contributed by atoms with Crippen molar-refractivity contribution in [1.29, 1.82) is 5.26 Å². The number of hydrogen-bond acceptors (Lipinski definition) is 3. The van der Waals surface area contributed by atoms with Gasteiger partial charge in [-0.15, -0.1) is 0 Å². The third-order valence-corrected chi connectivity index (χ3v) is 4.64. The van der Waals surface area contributed by atoms with Crippen LogP contribution in [0.15, 0.2) is 67.1 Å². The zero-order valence-electron chi connectivity index (χ0n) is 14.6. The Morgan fingerprint density at radius 1 is 1.00 bits per heavy atom. The quantitative estimate of drug-likeness (QED) is 0.518. The number of rotatable bonds is 2. The zero-order chi connectivity index (χ0) is 18.1. The first-order chi connectivity index (χ1) is 12.7. The molecular weight excluding hydrogens is 320 g/mol. The number of nitriles is 1. The molecule has 0 atom stereocenters. The van der Waals surface area contributed by atoms with Gasteiger partial charge in [0.25, 0.3) is 0 Å². The lowest BCUT2D eigenvalue weighted by Gasteiger charge is -2.11. The van der Waals surface area contributed by atoms with Crippen molar-refractivity contribution in [2.24, 2.45) is 0 Å². The number of hydrogen-bond donors (Lipinski definition) is 0. The van der Waals surface area contributed by atoms with Crippen molar-refractivity contribution in [3.63, 3.8) is 0 Å². The van der Waals surface area contributed by atoms with E-state index in [4.69, 9.17) is 0 Å². The Bertz CT molecular complexity index is 1160. The van der Waals surface area contributed by atoms with E-state index in [1.54, 1.807) is 6.20 Å². The predicted molar refractivity (Wildman–Crippen MR) is 101 cm³/mol. The lowest BCUT2D eigenvalue weighted by molar-refractivity contribution is -0.574. The molecule has 0 amide bonds. The van der Waals surface area contributed by atoms with E-state index in [1.165, 1.54) is 6.33 Å². The number of nitrogens with zero attached hydrogens (tertiary/aromatic N) is 4. The number of aryl methyl sites for hydroxylation is 1. The topological polar surface area (TPSA) is 53.5 Å². The molecule has 2 aromatic heterocycles. The van der Waals surface area contributed by atoms with Crippen molar-refractivity contribution in [2.75, 3.05) is 0 Å². The molecule has 0 N–H and O–H groups in total. The van der Waals surface area contributed by atoms with Crippen molar-refractivity contribution in [3.05, 3.63) is 83.9 Å². The van der Waals surface area contributed by atoms with Gasteiger partial charge in [-0.25, -0.2) is 9.97 Å². The summed E-state index contributed by atoms with van der Waals surface area (Å²) >= 11 is 0. The summed E-state index contributed by atoms with van der Waals surface area (Å²) in [7, 11) is 0. The monoisotopic (exact) mass is 337 g/mol. The summed E-state index contributed by atoms with van der Waals surface area (Å²) < 4.78 is 2.20. The van der Waals surface area contributed by atoms with Crippen molar-refractivity contribution >= 4 is 10.9 Å². The third kappa shape index (κ3) is 2.60. The minimum Gasteiger partial charge on any atom is -0.245 e. The van der Waals surface area contributed by atoms with Crippen LogP contribution >= 0.6 is 0 Å². The maximum absolute atomic E-state index is 9.56. The van der Waals surface area contributed by atoms with E-state index in [0.717, 1.165) is 39.1 Å². The van der Waals surface area contributed by atoms with Crippen molar-refractivity contribution in [1.82, 2.24) is 9.97 Å². The molecule has 26 heavy (non-hydrogen) atoms. The fourth-order valence-electron chi connectivity index (χ4n) is 3.34. The molecule has 4 nitrogen and oxygen atoms in total. The molecule has 0 spiro atoms. The van der Waals surface area contributed by atoms with Gasteiger partial charge in [0.1, 0.15) is 6.33 Å². The standard InChI is InChI=1S/C22H17N4/c1-15-7-8-18-5-3-4-6-21(18)26(15)22-12-17(13-23)11-19(16(22)2)20-9-10-24-14-25-20/h3-12,14H,1-2H3/q+1. The van der Waals surface area contributed by atoms with Gasteiger partial charge >= 0.3 is 0 Å². The van der Waals surface area contributed by atoms with Crippen molar-refractivity contribution in [3.8, 4) is 23.0 Å². The molecular formula is C22H17N4+. The average Bonchev–Trinajstić information content (AvgIpc) is 2.69. The van der Waals surface area contributed by atoms with Crippen LogP contribution in [-0.2, 0) is 0 Å². The Morgan fingerprint density at radius 3 is 2.62 bits per heavy atom. The third-order valence-electron chi connectivity index (χ3n) is 4.64. The Morgan fingerprint density at radius 2 is 1.85 bits per heavy atom. The minimum atomic E-state index is 0.610. The summed E-state index contributed by atoms with van der Waals surface area (Å²) in [5.41, 5.74) is 6.66. The highest BCUT2D eigenvalue weighted by atomic mass is 15.0. The Balaban J connectivity index is 2.08.